The van der Waals surface area contributed by atoms with Crippen molar-refractivity contribution in [2.24, 2.45) is 0 Å². The van der Waals surface area contributed by atoms with Gasteiger partial charge in [-0.1, -0.05) is 0 Å². The smallest absolute Gasteiger partial charge is 0.178 e. The number of imidazole rings is 2. The van der Waals surface area contributed by atoms with Crippen LogP contribution < -0.4 is 0 Å². The highest BCUT2D eigenvalue weighted by molar-refractivity contribution is 7.71. The standard InChI is InChI=1S/C14H16N4OS/c1-10(8-19-2)18-13-7-11(17-6-5-15-9-17)3-4-12(13)16-14(18)20/h3-7,9-10H,8H2,1-2H3,(H,16,20). The summed E-state index contributed by atoms with van der Waals surface area (Å²) in [5.74, 6) is 0. The topological polar surface area (TPSA) is 47.8 Å². The lowest BCUT2D eigenvalue weighted by molar-refractivity contribution is 0.163. The third kappa shape index (κ3) is 2.17. The molecule has 0 amide bonds. The molecule has 3 aromatic rings. The first kappa shape index (κ1) is 13.1. The zero-order valence-corrected chi connectivity index (χ0v) is 12.2. The quantitative estimate of drug-likeness (QED) is 0.750. The molecule has 0 radical (unpaired) electrons. The zero-order valence-electron chi connectivity index (χ0n) is 11.4. The predicted molar refractivity (Wildman–Crippen MR) is 80.8 cm³/mol. The molecule has 1 aromatic carbocycles. The molecule has 6 heteroatoms. The van der Waals surface area contributed by atoms with Crippen LogP contribution in [0.1, 0.15) is 13.0 Å². The molecule has 1 atom stereocenters. The third-order valence-electron chi connectivity index (χ3n) is 3.35. The molecule has 0 aliphatic carbocycles. The van der Waals surface area contributed by atoms with Crippen molar-refractivity contribution in [2.45, 2.75) is 13.0 Å². The maximum absolute atomic E-state index is 5.42. The largest absolute Gasteiger partial charge is 0.383 e. The maximum Gasteiger partial charge on any atom is 0.178 e. The number of nitrogens with one attached hydrogen (secondary N) is 1. The first-order valence-electron chi connectivity index (χ1n) is 6.42. The Hall–Kier alpha value is -1.92. The van der Waals surface area contributed by atoms with E-state index in [9.17, 15) is 0 Å². The molecule has 0 saturated heterocycles. The number of methoxy groups -OCH3 is 1. The number of rotatable bonds is 4. The molecule has 0 bridgehead atoms. The lowest BCUT2D eigenvalue weighted by Gasteiger charge is -2.13. The minimum absolute atomic E-state index is 0.180. The summed E-state index contributed by atoms with van der Waals surface area (Å²) in [6.07, 6.45) is 5.47. The van der Waals surface area contributed by atoms with Crippen LogP contribution >= 0.6 is 12.2 Å². The van der Waals surface area contributed by atoms with Gasteiger partial charge >= 0.3 is 0 Å². The minimum atomic E-state index is 0.180. The van der Waals surface area contributed by atoms with E-state index < -0.39 is 0 Å². The van der Waals surface area contributed by atoms with Gasteiger partial charge in [-0.15, -0.1) is 0 Å². The number of nitrogens with zero attached hydrogens (tertiary/aromatic N) is 3. The number of hydrogen-bond donors (Lipinski definition) is 1. The Morgan fingerprint density at radius 1 is 1.45 bits per heavy atom. The molecular weight excluding hydrogens is 272 g/mol. The maximum atomic E-state index is 5.42. The minimum Gasteiger partial charge on any atom is -0.383 e. The molecule has 5 nitrogen and oxygen atoms in total. The van der Waals surface area contributed by atoms with Crippen LogP contribution in [0.3, 0.4) is 0 Å². The number of benzene rings is 1. The fourth-order valence-electron chi connectivity index (χ4n) is 2.44. The highest BCUT2D eigenvalue weighted by Gasteiger charge is 2.11. The number of fused-ring (bicyclic) bond motifs is 1. The van der Waals surface area contributed by atoms with Gasteiger partial charge in [-0.2, -0.15) is 0 Å². The highest BCUT2D eigenvalue weighted by atomic mass is 32.1. The van der Waals surface area contributed by atoms with E-state index in [2.05, 4.69) is 27.5 Å². The fraction of sp³-hybridized carbons (Fsp3) is 0.286. The Kier molecular flexibility index (Phi) is 3.42. The Morgan fingerprint density at radius 2 is 2.30 bits per heavy atom. The van der Waals surface area contributed by atoms with Crippen LogP contribution in [0.4, 0.5) is 0 Å². The Balaban J connectivity index is 2.17. The number of hydrogen-bond acceptors (Lipinski definition) is 3. The van der Waals surface area contributed by atoms with Crippen LogP contribution in [-0.4, -0.2) is 32.8 Å². The van der Waals surface area contributed by atoms with Gasteiger partial charge < -0.3 is 18.9 Å². The van der Waals surface area contributed by atoms with Crippen LogP contribution in [0.25, 0.3) is 16.7 Å². The summed E-state index contributed by atoms with van der Waals surface area (Å²) < 4.78 is 10.0. The molecule has 104 valence electrons. The van der Waals surface area contributed by atoms with E-state index in [1.807, 2.05) is 22.9 Å². The molecule has 3 rings (SSSR count). The van der Waals surface area contributed by atoms with E-state index >= 15 is 0 Å². The van der Waals surface area contributed by atoms with Crippen LogP contribution in [0.5, 0.6) is 0 Å². The Morgan fingerprint density at radius 3 is 3.00 bits per heavy atom. The lowest BCUT2D eigenvalue weighted by Crippen LogP contribution is -2.11. The van der Waals surface area contributed by atoms with Gasteiger partial charge in [-0.25, -0.2) is 4.98 Å². The van der Waals surface area contributed by atoms with Gasteiger partial charge in [0.1, 0.15) is 0 Å². The van der Waals surface area contributed by atoms with Crippen molar-refractivity contribution < 1.29 is 4.74 Å². The van der Waals surface area contributed by atoms with E-state index in [1.165, 1.54) is 0 Å². The summed E-state index contributed by atoms with van der Waals surface area (Å²) in [5, 5.41) is 0. The molecule has 1 unspecified atom stereocenters. The van der Waals surface area contributed by atoms with Gasteiger partial charge in [0.05, 0.1) is 30.0 Å². The predicted octanol–water partition coefficient (Wildman–Crippen LogP) is 3.09. The lowest BCUT2D eigenvalue weighted by atomic mass is 10.2. The zero-order chi connectivity index (χ0) is 14.1. The summed E-state index contributed by atoms with van der Waals surface area (Å²) in [6.45, 7) is 2.72. The summed E-state index contributed by atoms with van der Waals surface area (Å²) in [7, 11) is 1.70. The normalized spacial score (nSPS) is 12.9. The first-order chi connectivity index (χ1) is 9.70. The Labute approximate surface area is 121 Å². The summed E-state index contributed by atoms with van der Waals surface area (Å²) >= 11 is 5.42. The van der Waals surface area contributed by atoms with Crippen molar-refractivity contribution in [2.75, 3.05) is 13.7 Å². The molecule has 0 aliphatic heterocycles. The molecule has 1 N–H and O–H groups in total. The van der Waals surface area contributed by atoms with Crippen LogP contribution in [0, 0.1) is 4.77 Å². The monoisotopic (exact) mass is 288 g/mol. The van der Waals surface area contributed by atoms with Crippen molar-refractivity contribution >= 4 is 23.3 Å². The summed E-state index contributed by atoms with van der Waals surface area (Å²) in [6, 6.07) is 6.37. The van der Waals surface area contributed by atoms with Crippen molar-refractivity contribution in [1.82, 2.24) is 19.1 Å². The number of H-pyrrole nitrogens is 1. The van der Waals surface area contributed by atoms with Gasteiger partial charge in [0.25, 0.3) is 0 Å². The molecule has 20 heavy (non-hydrogen) atoms. The van der Waals surface area contributed by atoms with Crippen LogP contribution in [0.15, 0.2) is 36.9 Å². The van der Waals surface area contributed by atoms with Gasteiger partial charge in [0, 0.05) is 25.2 Å². The molecule has 0 spiro atoms. The molecule has 0 saturated carbocycles. The third-order valence-corrected chi connectivity index (χ3v) is 3.65. The van der Waals surface area contributed by atoms with Gasteiger partial charge in [0.15, 0.2) is 4.77 Å². The fourth-order valence-corrected chi connectivity index (χ4v) is 2.82. The molecule has 2 heterocycles. The van der Waals surface area contributed by atoms with E-state index in [4.69, 9.17) is 17.0 Å². The van der Waals surface area contributed by atoms with Crippen molar-refractivity contribution in [1.29, 1.82) is 0 Å². The van der Waals surface area contributed by atoms with E-state index in [0.29, 0.717) is 11.4 Å². The molecule has 0 fully saturated rings. The van der Waals surface area contributed by atoms with Crippen molar-refractivity contribution in [3.05, 3.63) is 41.7 Å². The van der Waals surface area contributed by atoms with Crippen LogP contribution in [0.2, 0.25) is 0 Å². The SMILES string of the molecule is COCC(C)n1c(=S)[nH]c2ccc(-n3ccnc3)cc21. The number of aromatic nitrogens is 4. The van der Waals surface area contributed by atoms with E-state index in [-0.39, 0.29) is 6.04 Å². The van der Waals surface area contributed by atoms with Crippen LogP contribution in [-0.2, 0) is 4.74 Å². The van der Waals surface area contributed by atoms with Gasteiger partial charge in [-0.05, 0) is 37.3 Å². The molecular formula is C14H16N4OS. The molecule has 2 aromatic heterocycles. The average molecular weight is 288 g/mol. The first-order valence-corrected chi connectivity index (χ1v) is 6.83. The second-order valence-corrected chi connectivity index (χ2v) is 5.16. The number of ether oxygens (including phenoxy) is 1. The van der Waals surface area contributed by atoms with E-state index in [1.54, 1.807) is 19.6 Å². The van der Waals surface area contributed by atoms with Gasteiger partial charge in [-0.3, -0.25) is 0 Å². The number of aromatic amines is 1. The highest BCUT2D eigenvalue weighted by Crippen LogP contribution is 2.22. The summed E-state index contributed by atoms with van der Waals surface area (Å²) in [4.78, 5) is 7.31. The molecule has 0 aliphatic rings. The van der Waals surface area contributed by atoms with E-state index in [0.717, 1.165) is 16.7 Å². The van der Waals surface area contributed by atoms with Crippen molar-refractivity contribution in [3.8, 4) is 5.69 Å². The second-order valence-electron chi connectivity index (χ2n) is 4.78. The second kappa shape index (κ2) is 5.22. The van der Waals surface area contributed by atoms with Gasteiger partial charge in [0.2, 0.25) is 0 Å². The average Bonchev–Trinajstić information content (AvgIpc) is 3.04. The van der Waals surface area contributed by atoms with Crippen molar-refractivity contribution in [3.63, 3.8) is 0 Å². The summed E-state index contributed by atoms with van der Waals surface area (Å²) in [5.41, 5.74) is 3.16. The Bertz CT molecular complexity index is 772.